The Balaban J connectivity index is 1.78. The van der Waals surface area contributed by atoms with Gasteiger partial charge in [-0.3, -0.25) is 5.32 Å². The van der Waals surface area contributed by atoms with Crippen molar-refractivity contribution >= 4 is 17.6 Å². The SMILES string of the molecule is COc1ccc(CCNc2ccc(NC(=O)OC(C)(C)C)cn2)cc1. The summed E-state index contributed by atoms with van der Waals surface area (Å²) in [7, 11) is 1.66. The number of aromatic nitrogens is 1. The van der Waals surface area contributed by atoms with E-state index in [2.05, 4.69) is 15.6 Å². The van der Waals surface area contributed by atoms with E-state index < -0.39 is 11.7 Å². The number of rotatable bonds is 6. The standard InChI is InChI=1S/C19H25N3O3/c1-19(2,3)25-18(23)22-15-7-10-17(21-13-15)20-12-11-14-5-8-16(24-4)9-6-14/h5-10,13H,11-12H2,1-4H3,(H,20,21)(H,22,23). The van der Waals surface area contributed by atoms with Crippen molar-refractivity contribution in [1.29, 1.82) is 0 Å². The largest absolute Gasteiger partial charge is 0.497 e. The van der Waals surface area contributed by atoms with Gasteiger partial charge in [0.15, 0.2) is 0 Å². The molecule has 2 rings (SSSR count). The summed E-state index contributed by atoms with van der Waals surface area (Å²) in [4.78, 5) is 16.0. The number of anilines is 2. The molecule has 1 aromatic heterocycles. The van der Waals surface area contributed by atoms with Crippen molar-refractivity contribution in [3.63, 3.8) is 0 Å². The average Bonchev–Trinajstić information content (AvgIpc) is 2.55. The second-order valence-corrected chi connectivity index (χ2v) is 6.58. The zero-order valence-electron chi connectivity index (χ0n) is 15.1. The van der Waals surface area contributed by atoms with Gasteiger partial charge in [-0.1, -0.05) is 12.1 Å². The van der Waals surface area contributed by atoms with Gasteiger partial charge in [0.2, 0.25) is 0 Å². The summed E-state index contributed by atoms with van der Waals surface area (Å²) in [5, 5.41) is 5.91. The molecule has 0 spiro atoms. The number of nitrogens with zero attached hydrogens (tertiary/aromatic N) is 1. The van der Waals surface area contributed by atoms with Crippen LogP contribution in [0.3, 0.4) is 0 Å². The molecule has 0 fully saturated rings. The molecule has 6 heteroatoms. The van der Waals surface area contributed by atoms with Gasteiger partial charge in [-0.25, -0.2) is 9.78 Å². The van der Waals surface area contributed by atoms with Crippen LogP contribution in [0, 0.1) is 0 Å². The molecule has 25 heavy (non-hydrogen) atoms. The van der Waals surface area contributed by atoms with Crippen LogP contribution in [0.25, 0.3) is 0 Å². The number of benzene rings is 1. The minimum atomic E-state index is -0.527. The normalized spacial score (nSPS) is 10.9. The second kappa shape index (κ2) is 8.37. The molecule has 0 aliphatic heterocycles. The third-order valence-electron chi connectivity index (χ3n) is 3.29. The van der Waals surface area contributed by atoms with Gasteiger partial charge in [-0.2, -0.15) is 0 Å². The van der Waals surface area contributed by atoms with E-state index in [1.54, 1.807) is 19.4 Å². The van der Waals surface area contributed by atoms with E-state index in [0.717, 1.165) is 24.5 Å². The third kappa shape index (κ3) is 6.71. The van der Waals surface area contributed by atoms with Gasteiger partial charge in [-0.05, 0) is 57.0 Å². The maximum Gasteiger partial charge on any atom is 0.412 e. The lowest BCUT2D eigenvalue weighted by Crippen LogP contribution is -2.27. The molecule has 134 valence electrons. The lowest BCUT2D eigenvalue weighted by atomic mass is 10.1. The van der Waals surface area contributed by atoms with Crippen molar-refractivity contribution in [3.05, 3.63) is 48.2 Å². The Morgan fingerprint density at radius 2 is 1.84 bits per heavy atom. The van der Waals surface area contributed by atoms with E-state index >= 15 is 0 Å². The molecule has 1 heterocycles. The van der Waals surface area contributed by atoms with Gasteiger partial charge in [0.05, 0.1) is 19.0 Å². The van der Waals surface area contributed by atoms with E-state index in [1.807, 2.05) is 51.1 Å². The number of hydrogen-bond acceptors (Lipinski definition) is 5. The van der Waals surface area contributed by atoms with Crippen molar-refractivity contribution < 1.29 is 14.3 Å². The minimum Gasteiger partial charge on any atom is -0.497 e. The van der Waals surface area contributed by atoms with Crippen LogP contribution in [0.2, 0.25) is 0 Å². The van der Waals surface area contributed by atoms with Crippen LogP contribution in [0.1, 0.15) is 26.3 Å². The van der Waals surface area contributed by atoms with Crippen LogP contribution in [-0.4, -0.2) is 30.3 Å². The van der Waals surface area contributed by atoms with Crippen molar-refractivity contribution in [2.45, 2.75) is 32.8 Å². The molecule has 0 saturated heterocycles. The minimum absolute atomic E-state index is 0.491. The number of methoxy groups -OCH3 is 1. The molecule has 1 amide bonds. The van der Waals surface area contributed by atoms with Crippen LogP contribution in [0.15, 0.2) is 42.6 Å². The molecule has 0 radical (unpaired) electrons. The molecule has 0 aliphatic carbocycles. The molecule has 0 bridgehead atoms. The van der Waals surface area contributed by atoms with Crippen molar-refractivity contribution in [2.24, 2.45) is 0 Å². The molecule has 0 aliphatic rings. The molecular weight excluding hydrogens is 318 g/mol. The van der Waals surface area contributed by atoms with Crippen LogP contribution in [0.4, 0.5) is 16.3 Å². The fraction of sp³-hybridized carbons (Fsp3) is 0.368. The first kappa shape index (κ1) is 18.6. The summed E-state index contributed by atoms with van der Waals surface area (Å²) in [6.45, 7) is 6.22. The Morgan fingerprint density at radius 3 is 2.40 bits per heavy atom. The Bertz CT molecular complexity index is 677. The zero-order chi connectivity index (χ0) is 18.3. The van der Waals surface area contributed by atoms with Gasteiger partial charge in [0.25, 0.3) is 0 Å². The summed E-state index contributed by atoms with van der Waals surface area (Å²) < 4.78 is 10.3. The van der Waals surface area contributed by atoms with Gasteiger partial charge >= 0.3 is 6.09 Å². The Labute approximate surface area is 148 Å². The number of carbonyl (C=O) groups is 1. The Hall–Kier alpha value is -2.76. The molecule has 0 atom stereocenters. The van der Waals surface area contributed by atoms with Crippen LogP contribution in [0.5, 0.6) is 5.75 Å². The molecule has 0 saturated carbocycles. The van der Waals surface area contributed by atoms with Crippen molar-refractivity contribution in [2.75, 3.05) is 24.3 Å². The molecule has 2 aromatic rings. The molecule has 6 nitrogen and oxygen atoms in total. The van der Waals surface area contributed by atoms with Gasteiger partial charge in [0, 0.05) is 6.54 Å². The first-order valence-electron chi connectivity index (χ1n) is 8.18. The number of ether oxygens (including phenoxy) is 2. The van der Waals surface area contributed by atoms with Gasteiger partial charge in [0.1, 0.15) is 17.2 Å². The highest BCUT2D eigenvalue weighted by atomic mass is 16.6. The maximum absolute atomic E-state index is 11.7. The first-order chi connectivity index (χ1) is 11.9. The fourth-order valence-corrected chi connectivity index (χ4v) is 2.12. The van der Waals surface area contributed by atoms with E-state index in [1.165, 1.54) is 5.56 Å². The van der Waals surface area contributed by atoms with Crippen LogP contribution < -0.4 is 15.4 Å². The lowest BCUT2D eigenvalue weighted by Gasteiger charge is -2.19. The summed E-state index contributed by atoms with van der Waals surface area (Å²) >= 11 is 0. The summed E-state index contributed by atoms with van der Waals surface area (Å²) in [6, 6.07) is 11.6. The van der Waals surface area contributed by atoms with Crippen LogP contribution >= 0.6 is 0 Å². The third-order valence-corrected chi connectivity index (χ3v) is 3.29. The van der Waals surface area contributed by atoms with Crippen LogP contribution in [-0.2, 0) is 11.2 Å². The monoisotopic (exact) mass is 343 g/mol. The molecule has 0 unspecified atom stereocenters. The smallest absolute Gasteiger partial charge is 0.412 e. The number of pyridine rings is 1. The summed E-state index contributed by atoms with van der Waals surface area (Å²) in [6.07, 6.45) is 1.98. The fourth-order valence-electron chi connectivity index (χ4n) is 2.12. The summed E-state index contributed by atoms with van der Waals surface area (Å²) in [5.74, 6) is 1.61. The highest BCUT2D eigenvalue weighted by molar-refractivity contribution is 5.84. The lowest BCUT2D eigenvalue weighted by molar-refractivity contribution is 0.0636. The molecular formula is C19H25N3O3. The molecule has 2 N–H and O–H groups in total. The number of amides is 1. The Kier molecular flexibility index (Phi) is 6.22. The second-order valence-electron chi connectivity index (χ2n) is 6.58. The Morgan fingerprint density at radius 1 is 1.12 bits per heavy atom. The highest BCUT2D eigenvalue weighted by Crippen LogP contribution is 2.14. The number of hydrogen-bond donors (Lipinski definition) is 2. The maximum atomic E-state index is 11.7. The quantitative estimate of drug-likeness (QED) is 0.826. The predicted molar refractivity (Wildman–Crippen MR) is 99.3 cm³/mol. The summed E-state index contributed by atoms with van der Waals surface area (Å²) in [5.41, 5.74) is 1.28. The van der Waals surface area contributed by atoms with E-state index in [0.29, 0.717) is 5.69 Å². The van der Waals surface area contributed by atoms with Gasteiger partial charge < -0.3 is 14.8 Å². The number of nitrogens with one attached hydrogen (secondary N) is 2. The highest BCUT2D eigenvalue weighted by Gasteiger charge is 2.16. The van der Waals surface area contributed by atoms with E-state index in [4.69, 9.17) is 9.47 Å². The van der Waals surface area contributed by atoms with Crippen molar-refractivity contribution in [3.8, 4) is 5.75 Å². The predicted octanol–water partition coefficient (Wildman–Crippen LogP) is 4.09. The average molecular weight is 343 g/mol. The number of carbonyl (C=O) groups excluding carboxylic acids is 1. The van der Waals surface area contributed by atoms with E-state index in [-0.39, 0.29) is 0 Å². The zero-order valence-corrected chi connectivity index (χ0v) is 15.1. The van der Waals surface area contributed by atoms with Crippen molar-refractivity contribution in [1.82, 2.24) is 4.98 Å². The van der Waals surface area contributed by atoms with E-state index in [9.17, 15) is 4.79 Å². The first-order valence-corrected chi connectivity index (χ1v) is 8.18. The topological polar surface area (TPSA) is 72.5 Å². The van der Waals surface area contributed by atoms with Gasteiger partial charge in [-0.15, -0.1) is 0 Å². The molecule has 1 aromatic carbocycles.